The molecule has 0 heterocycles. The number of ketones is 1. The summed E-state index contributed by atoms with van der Waals surface area (Å²) in [6, 6.07) is 12.6. The minimum atomic E-state index is -1.03. The van der Waals surface area contributed by atoms with Crippen LogP contribution in [0, 0.1) is 5.82 Å². The number of benzene rings is 2. The molecule has 0 saturated heterocycles. The first-order valence-electron chi connectivity index (χ1n) is 9.27. The van der Waals surface area contributed by atoms with Crippen molar-refractivity contribution in [3.63, 3.8) is 0 Å². The minimum absolute atomic E-state index is 0.0122. The van der Waals surface area contributed by atoms with Crippen LogP contribution in [0.25, 0.3) is 0 Å². The molecule has 6 heteroatoms. The van der Waals surface area contributed by atoms with Gasteiger partial charge >= 0.3 is 5.97 Å². The second-order valence-electron chi connectivity index (χ2n) is 6.50. The van der Waals surface area contributed by atoms with Crippen LogP contribution >= 0.6 is 0 Å². The summed E-state index contributed by atoms with van der Waals surface area (Å²) in [6.07, 6.45) is 0.869. The van der Waals surface area contributed by atoms with Gasteiger partial charge in [0.15, 0.2) is 11.9 Å². The number of hydrogen-bond acceptors (Lipinski definition) is 4. The molecule has 2 aromatic rings. The molecule has 1 N–H and O–H groups in total. The van der Waals surface area contributed by atoms with E-state index in [0.29, 0.717) is 11.3 Å². The summed E-state index contributed by atoms with van der Waals surface area (Å²) in [6.45, 7) is 3.52. The van der Waals surface area contributed by atoms with Crippen molar-refractivity contribution in [3.8, 4) is 0 Å². The van der Waals surface area contributed by atoms with Gasteiger partial charge in [0.2, 0.25) is 0 Å². The van der Waals surface area contributed by atoms with Crippen molar-refractivity contribution in [3.05, 3.63) is 65.5 Å². The largest absolute Gasteiger partial charge is 0.453 e. The van der Waals surface area contributed by atoms with Crippen LogP contribution in [0.5, 0.6) is 0 Å². The molecule has 28 heavy (non-hydrogen) atoms. The SMILES string of the molecule is CCCc1ccc(C(=O)CCC(=O)O[C@@H](C)C(=O)Nc2ccc(F)cc2)cc1. The van der Waals surface area contributed by atoms with E-state index >= 15 is 0 Å². The fraction of sp³-hybridized carbons (Fsp3) is 0.318. The number of rotatable bonds is 9. The molecule has 0 radical (unpaired) electrons. The molecule has 0 aliphatic carbocycles. The van der Waals surface area contributed by atoms with Crippen molar-refractivity contribution in [2.45, 2.75) is 45.6 Å². The molecule has 0 aromatic heterocycles. The van der Waals surface area contributed by atoms with E-state index in [-0.39, 0.29) is 18.6 Å². The van der Waals surface area contributed by atoms with Crippen molar-refractivity contribution < 1.29 is 23.5 Å². The van der Waals surface area contributed by atoms with Crippen LogP contribution in [0.1, 0.15) is 49.0 Å². The van der Waals surface area contributed by atoms with Gasteiger partial charge in [0.25, 0.3) is 5.91 Å². The third-order valence-electron chi connectivity index (χ3n) is 4.16. The van der Waals surface area contributed by atoms with Gasteiger partial charge in [-0.25, -0.2) is 4.39 Å². The average molecular weight is 385 g/mol. The maximum absolute atomic E-state index is 12.9. The Bertz CT molecular complexity index is 815. The number of amides is 1. The summed E-state index contributed by atoms with van der Waals surface area (Å²) in [5, 5.41) is 2.53. The fourth-order valence-corrected chi connectivity index (χ4v) is 2.59. The number of halogens is 1. The van der Waals surface area contributed by atoms with Gasteiger partial charge in [0, 0.05) is 17.7 Å². The second kappa shape index (κ2) is 10.3. The Hall–Kier alpha value is -3.02. The summed E-state index contributed by atoms with van der Waals surface area (Å²) in [5.74, 6) is -1.72. The van der Waals surface area contributed by atoms with Gasteiger partial charge < -0.3 is 10.1 Å². The Labute approximate surface area is 163 Å². The van der Waals surface area contributed by atoms with Gasteiger partial charge in [-0.3, -0.25) is 14.4 Å². The molecule has 0 unspecified atom stereocenters. The van der Waals surface area contributed by atoms with Crippen LogP contribution in [-0.4, -0.2) is 23.8 Å². The quantitative estimate of drug-likeness (QED) is 0.516. The van der Waals surface area contributed by atoms with E-state index in [1.54, 1.807) is 12.1 Å². The molecule has 0 aliphatic heterocycles. The molecule has 0 spiro atoms. The number of carbonyl (C=O) groups excluding carboxylic acids is 3. The average Bonchev–Trinajstić information content (AvgIpc) is 2.68. The molecular weight excluding hydrogens is 361 g/mol. The normalized spacial score (nSPS) is 11.5. The molecule has 1 atom stereocenters. The number of hydrogen-bond donors (Lipinski definition) is 1. The maximum atomic E-state index is 12.9. The molecule has 0 bridgehead atoms. The number of nitrogens with one attached hydrogen (secondary N) is 1. The van der Waals surface area contributed by atoms with Gasteiger partial charge in [-0.15, -0.1) is 0 Å². The van der Waals surface area contributed by atoms with E-state index in [2.05, 4.69) is 12.2 Å². The first-order valence-corrected chi connectivity index (χ1v) is 9.27. The lowest BCUT2D eigenvalue weighted by Gasteiger charge is -2.13. The second-order valence-corrected chi connectivity index (χ2v) is 6.50. The topological polar surface area (TPSA) is 72.5 Å². The number of ether oxygens (including phenoxy) is 1. The van der Waals surface area contributed by atoms with Crippen LogP contribution in [0.4, 0.5) is 10.1 Å². The van der Waals surface area contributed by atoms with Crippen molar-refractivity contribution in [1.82, 2.24) is 0 Å². The number of anilines is 1. The van der Waals surface area contributed by atoms with E-state index in [4.69, 9.17) is 4.74 Å². The molecule has 148 valence electrons. The number of esters is 1. The number of Topliss-reactive ketones (excluding diaryl/α,β-unsaturated/α-hetero) is 1. The van der Waals surface area contributed by atoms with E-state index in [0.717, 1.165) is 12.8 Å². The molecule has 2 aromatic carbocycles. The monoisotopic (exact) mass is 385 g/mol. The Morgan fingerprint density at radius 2 is 1.64 bits per heavy atom. The standard InChI is InChI=1S/C22H24FNO4/c1-3-4-16-5-7-17(8-6-16)20(25)13-14-21(26)28-15(2)22(27)24-19-11-9-18(23)10-12-19/h5-12,15H,3-4,13-14H2,1-2H3,(H,24,27)/t15-/m0/s1. The van der Waals surface area contributed by atoms with Gasteiger partial charge in [0.1, 0.15) is 5.82 Å². The lowest BCUT2D eigenvalue weighted by atomic mass is 10.0. The highest BCUT2D eigenvalue weighted by molar-refractivity contribution is 5.98. The number of carbonyl (C=O) groups is 3. The Balaban J connectivity index is 1.78. The van der Waals surface area contributed by atoms with Crippen LogP contribution in [0.2, 0.25) is 0 Å². The summed E-state index contributed by atoms with van der Waals surface area (Å²) < 4.78 is 17.9. The van der Waals surface area contributed by atoms with Gasteiger partial charge in [-0.1, -0.05) is 37.6 Å². The predicted octanol–water partition coefficient (Wildman–Crippen LogP) is 4.31. The zero-order valence-corrected chi connectivity index (χ0v) is 16.0. The first kappa shape index (κ1) is 21.3. The maximum Gasteiger partial charge on any atom is 0.307 e. The summed E-state index contributed by atoms with van der Waals surface area (Å²) >= 11 is 0. The van der Waals surface area contributed by atoms with E-state index in [9.17, 15) is 18.8 Å². The third-order valence-corrected chi connectivity index (χ3v) is 4.16. The minimum Gasteiger partial charge on any atom is -0.453 e. The first-order chi connectivity index (χ1) is 13.4. The number of aryl methyl sites for hydroxylation is 1. The Morgan fingerprint density at radius 1 is 1.00 bits per heavy atom. The lowest BCUT2D eigenvalue weighted by Crippen LogP contribution is -2.30. The zero-order valence-electron chi connectivity index (χ0n) is 16.0. The van der Waals surface area contributed by atoms with Gasteiger partial charge in [0.05, 0.1) is 6.42 Å². The summed E-state index contributed by atoms with van der Waals surface area (Å²) in [4.78, 5) is 36.1. The highest BCUT2D eigenvalue weighted by Gasteiger charge is 2.19. The van der Waals surface area contributed by atoms with Gasteiger partial charge in [-0.05, 0) is 43.2 Å². The summed E-state index contributed by atoms with van der Waals surface area (Å²) in [5.41, 5.74) is 2.12. The van der Waals surface area contributed by atoms with Crippen molar-refractivity contribution in [2.24, 2.45) is 0 Å². The van der Waals surface area contributed by atoms with Crippen molar-refractivity contribution >= 4 is 23.3 Å². The van der Waals surface area contributed by atoms with Crippen LogP contribution < -0.4 is 5.32 Å². The molecule has 0 aliphatic rings. The predicted molar refractivity (Wildman–Crippen MR) is 105 cm³/mol. The van der Waals surface area contributed by atoms with E-state index in [1.165, 1.54) is 36.8 Å². The molecular formula is C22H24FNO4. The van der Waals surface area contributed by atoms with Crippen molar-refractivity contribution in [1.29, 1.82) is 0 Å². The molecule has 0 saturated carbocycles. The Kier molecular flexibility index (Phi) is 7.87. The molecule has 0 fully saturated rings. The smallest absolute Gasteiger partial charge is 0.307 e. The molecule has 1 amide bonds. The van der Waals surface area contributed by atoms with Crippen molar-refractivity contribution in [2.75, 3.05) is 5.32 Å². The van der Waals surface area contributed by atoms with E-state index in [1.807, 2.05) is 12.1 Å². The Morgan fingerprint density at radius 3 is 2.25 bits per heavy atom. The summed E-state index contributed by atoms with van der Waals surface area (Å²) in [7, 11) is 0. The lowest BCUT2D eigenvalue weighted by molar-refractivity contribution is -0.153. The molecule has 5 nitrogen and oxygen atoms in total. The van der Waals surface area contributed by atoms with Gasteiger partial charge in [-0.2, -0.15) is 0 Å². The molecule has 2 rings (SSSR count). The highest BCUT2D eigenvalue weighted by atomic mass is 19.1. The van der Waals surface area contributed by atoms with Crippen LogP contribution in [0.15, 0.2) is 48.5 Å². The third kappa shape index (κ3) is 6.61. The fourth-order valence-electron chi connectivity index (χ4n) is 2.59. The van der Waals surface area contributed by atoms with Crippen LogP contribution in [-0.2, 0) is 20.7 Å². The zero-order chi connectivity index (χ0) is 20.5. The highest BCUT2D eigenvalue weighted by Crippen LogP contribution is 2.12. The van der Waals surface area contributed by atoms with E-state index < -0.39 is 23.8 Å². The van der Waals surface area contributed by atoms with Crippen LogP contribution in [0.3, 0.4) is 0 Å².